The molecule has 0 fully saturated rings. The lowest BCUT2D eigenvalue weighted by atomic mass is 10.0. The Labute approximate surface area is 120 Å². The quantitative estimate of drug-likeness (QED) is 0.913. The molecule has 0 aliphatic rings. The second-order valence-corrected chi connectivity index (χ2v) is 6.19. The van der Waals surface area contributed by atoms with Gasteiger partial charge in [-0.05, 0) is 24.1 Å². The number of nitrogens with two attached hydrogens (primary N) is 1. The van der Waals surface area contributed by atoms with Crippen LogP contribution in [-0.2, 0) is 6.42 Å². The average Bonchev–Trinajstić information content (AvgIpc) is 2.69. The molecule has 2 aromatic rings. The Bertz CT molecular complexity index is 542. The van der Waals surface area contributed by atoms with Crippen molar-refractivity contribution in [1.29, 1.82) is 0 Å². The van der Waals surface area contributed by atoms with Gasteiger partial charge >= 0.3 is 0 Å². The van der Waals surface area contributed by atoms with Crippen molar-refractivity contribution >= 4 is 34.5 Å². The molecule has 96 valence electrons. The number of benzene rings is 1. The Morgan fingerprint density at radius 3 is 2.67 bits per heavy atom. The number of rotatable bonds is 4. The average molecular weight is 302 g/mol. The monoisotopic (exact) mass is 301 g/mol. The fourth-order valence-corrected chi connectivity index (χ4v) is 3.42. The summed E-state index contributed by atoms with van der Waals surface area (Å²) in [6, 6.07) is 9.46. The molecule has 2 rings (SSSR count). The van der Waals surface area contributed by atoms with Gasteiger partial charge < -0.3 is 10.5 Å². The summed E-state index contributed by atoms with van der Waals surface area (Å²) in [5.74, 6) is 0.838. The van der Waals surface area contributed by atoms with Crippen molar-refractivity contribution in [3.63, 3.8) is 0 Å². The standard InChI is InChI=1S/C13H13Cl2NOS/c1-17-11-5-3-2-4-8(11)6-10(16)9-7-12(14)18-13(9)15/h2-5,7,10H,6,16H2,1H3. The largest absolute Gasteiger partial charge is 0.496 e. The highest BCUT2D eigenvalue weighted by Gasteiger charge is 2.16. The molecule has 2 nitrogen and oxygen atoms in total. The maximum Gasteiger partial charge on any atom is 0.122 e. The molecule has 5 heteroatoms. The van der Waals surface area contributed by atoms with Crippen LogP contribution in [0.15, 0.2) is 30.3 Å². The van der Waals surface area contributed by atoms with Crippen molar-refractivity contribution < 1.29 is 4.74 Å². The number of methoxy groups -OCH3 is 1. The van der Waals surface area contributed by atoms with E-state index in [0.717, 1.165) is 16.9 Å². The molecule has 0 radical (unpaired) electrons. The first kappa shape index (κ1) is 13.7. The van der Waals surface area contributed by atoms with E-state index in [2.05, 4.69) is 0 Å². The maximum atomic E-state index is 6.17. The second kappa shape index (κ2) is 5.93. The van der Waals surface area contributed by atoms with Crippen LogP contribution in [-0.4, -0.2) is 7.11 Å². The van der Waals surface area contributed by atoms with Gasteiger partial charge in [-0.25, -0.2) is 0 Å². The Balaban J connectivity index is 2.21. The minimum absolute atomic E-state index is 0.183. The van der Waals surface area contributed by atoms with Crippen LogP contribution in [0.5, 0.6) is 5.75 Å². The lowest BCUT2D eigenvalue weighted by Crippen LogP contribution is -2.13. The molecule has 0 amide bonds. The fourth-order valence-electron chi connectivity index (χ4n) is 1.82. The minimum atomic E-state index is -0.183. The number of para-hydroxylation sites is 1. The third-order valence-electron chi connectivity index (χ3n) is 2.71. The first-order valence-corrected chi connectivity index (χ1v) is 7.01. The van der Waals surface area contributed by atoms with Crippen LogP contribution < -0.4 is 10.5 Å². The van der Waals surface area contributed by atoms with Gasteiger partial charge in [0.1, 0.15) is 5.75 Å². The Morgan fingerprint density at radius 2 is 2.06 bits per heavy atom. The smallest absolute Gasteiger partial charge is 0.122 e. The van der Waals surface area contributed by atoms with Crippen LogP contribution in [0, 0.1) is 0 Å². The molecular weight excluding hydrogens is 289 g/mol. The first-order chi connectivity index (χ1) is 8.61. The van der Waals surface area contributed by atoms with Gasteiger partial charge in [0.05, 0.1) is 15.8 Å². The first-order valence-electron chi connectivity index (χ1n) is 5.44. The highest BCUT2D eigenvalue weighted by molar-refractivity contribution is 7.20. The van der Waals surface area contributed by atoms with E-state index < -0.39 is 0 Å². The molecule has 1 heterocycles. The van der Waals surface area contributed by atoms with E-state index in [1.165, 1.54) is 11.3 Å². The topological polar surface area (TPSA) is 35.2 Å². The fraction of sp³-hybridized carbons (Fsp3) is 0.231. The summed E-state index contributed by atoms with van der Waals surface area (Å²) < 4.78 is 6.62. The van der Waals surface area contributed by atoms with Crippen LogP contribution in [0.1, 0.15) is 17.2 Å². The zero-order valence-corrected chi connectivity index (χ0v) is 12.1. The van der Waals surface area contributed by atoms with Crippen molar-refractivity contribution in [1.82, 2.24) is 0 Å². The highest BCUT2D eigenvalue weighted by Crippen LogP contribution is 2.36. The molecule has 0 saturated heterocycles. The van der Waals surface area contributed by atoms with E-state index in [0.29, 0.717) is 15.1 Å². The summed E-state index contributed by atoms with van der Waals surface area (Å²) in [6.45, 7) is 0. The van der Waals surface area contributed by atoms with Crippen LogP contribution >= 0.6 is 34.5 Å². The van der Waals surface area contributed by atoms with Gasteiger partial charge in [0.2, 0.25) is 0 Å². The molecule has 0 aliphatic carbocycles. The van der Waals surface area contributed by atoms with Gasteiger partial charge in [-0.15, -0.1) is 11.3 Å². The maximum absolute atomic E-state index is 6.17. The number of hydrogen-bond donors (Lipinski definition) is 1. The minimum Gasteiger partial charge on any atom is -0.496 e. The Kier molecular flexibility index (Phi) is 4.51. The van der Waals surface area contributed by atoms with E-state index in [1.54, 1.807) is 7.11 Å². The highest BCUT2D eigenvalue weighted by atomic mass is 35.5. The lowest BCUT2D eigenvalue weighted by Gasteiger charge is -2.13. The summed E-state index contributed by atoms with van der Waals surface area (Å²) in [5, 5.41) is 0. The van der Waals surface area contributed by atoms with Gasteiger partial charge in [-0.3, -0.25) is 0 Å². The third kappa shape index (κ3) is 2.98. The van der Waals surface area contributed by atoms with E-state index in [1.807, 2.05) is 30.3 Å². The molecule has 2 N–H and O–H groups in total. The predicted octanol–water partition coefficient (Wildman–Crippen LogP) is 4.31. The number of hydrogen-bond acceptors (Lipinski definition) is 3. The summed E-state index contributed by atoms with van der Waals surface area (Å²) in [6.07, 6.45) is 0.663. The van der Waals surface area contributed by atoms with Gasteiger partial charge in [-0.1, -0.05) is 41.4 Å². The molecule has 1 aromatic heterocycles. The zero-order chi connectivity index (χ0) is 13.1. The van der Waals surface area contributed by atoms with E-state index in [9.17, 15) is 0 Å². The third-order valence-corrected chi connectivity index (χ3v) is 4.23. The Hall–Kier alpha value is -0.740. The molecule has 0 spiro atoms. The molecule has 1 unspecified atom stereocenters. The van der Waals surface area contributed by atoms with Crippen LogP contribution in [0.3, 0.4) is 0 Å². The van der Waals surface area contributed by atoms with Gasteiger partial charge in [0, 0.05) is 11.6 Å². The molecule has 1 aromatic carbocycles. The number of halogens is 2. The molecule has 1 atom stereocenters. The number of ether oxygens (including phenoxy) is 1. The summed E-state index contributed by atoms with van der Waals surface area (Å²) in [4.78, 5) is 0. The SMILES string of the molecule is COc1ccccc1CC(N)c1cc(Cl)sc1Cl. The summed E-state index contributed by atoms with van der Waals surface area (Å²) in [5.41, 5.74) is 8.12. The predicted molar refractivity (Wildman–Crippen MR) is 78.0 cm³/mol. The van der Waals surface area contributed by atoms with Crippen molar-refractivity contribution in [2.45, 2.75) is 12.5 Å². The Morgan fingerprint density at radius 1 is 1.33 bits per heavy atom. The van der Waals surface area contributed by atoms with E-state index in [4.69, 9.17) is 33.7 Å². The molecule has 0 aliphatic heterocycles. The van der Waals surface area contributed by atoms with Crippen molar-refractivity contribution in [3.05, 3.63) is 50.1 Å². The van der Waals surface area contributed by atoms with Gasteiger partial charge in [-0.2, -0.15) is 0 Å². The van der Waals surface area contributed by atoms with Crippen molar-refractivity contribution in [2.24, 2.45) is 5.73 Å². The number of thiophene rings is 1. The molecule has 18 heavy (non-hydrogen) atoms. The van der Waals surface area contributed by atoms with Crippen LogP contribution in [0.4, 0.5) is 0 Å². The summed E-state index contributed by atoms with van der Waals surface area (Å²) >= 11 is 13.4. The van der Waals surface area contributed by atoms with Crippen LogP contribution in [0.25, 0.3) is 0 Å². The molecule has 0 bridgehead atoms. The van der Waals surface area contributed by atoms with Crippen molar-refractivity contribution in [3.8, 4) is 5.75 Å². The summed E-state index contributed by atoms with van der Waals surface area (Å²) in [7, 11) is 1.65. The lowest BCUT2D eigenvalue weighted by molar-refractivity contribution is 0.408. The second-order valence-electron chi connectivity index (χ2n) is 3.90. The zero-order valence-electron chi connectivity index (χ0n) is 9.82. The van der Waals surface area contributed by atoms with Crippen molar-refractivity contribution in [2.75, 3.05) is 7.11 Å². The molecule has 0 saturated carbocycles. The van der Waals surface area contributed by atoms with E-state index >= 15 is 0 Å². The van der Waals surface area contributed by atoms with E-state index in [-0.39, 0.29) is 6.04 Å². The molecular formula is C13H13Cl2NOS. The van der Waals surface area contributed by atoms with Gasteiger partial charge in [0.25, 0.3) is 0 Å². The van der Waals surface area contributed by atoms with Gasteiger partial charge in [0.15, 0.2) is 0 Å². The normalized spacial score (nSPS) is 12.4. The van der Waals surface area contributed by atoms with Crippen LogP contribution in [0.2, 0.25) is 8.67 Å².